The van der Waals surface area contributed by atoms with Gasteiger partial charge in [0.1, 0.15) is 11.5 Å². The van der Waals surface area contributed by atoms with Crippen LogP contribution in [-0.2, 0) is 0 Å². The molecule has 1 fully saturated rings. The Morgan fingerprint density at radius 1 is 0.359 bits per heavy atom. The summed E-state index contributed by atoms with van der Waals surface area (Å²) in [7, 11) is 0. The van der Waals surface area contributed by atoms with Crippen LogP contribution in [0.1, 0.15) is 36.8 Å². The highest BCUT2D eigenvalue weighted by Gasteiger charge is 2.26. The number of aromatic hydroxyl groups is 2. The average molecular weight is 827 g/mol. The number of aliphatic imine (C=N–C) groups is 2. The van der Waals surface area contributed by atoms with E-state index < -0.39 is 0 Å². The van der Waals surface area contributed by atoms with Crippen molar-refractivity contribution in [3.05, 3.63) is 205 Å². The van der Waals surface area contributed by atoms with Gasteiger partial charge in [0.05, 0.1) is 12.1 Å². The second-order valence-electron chi connectivity index (χ2n) is 16.9. The summed E-state index contributed by atoms with van der Waals surface area (Å²) in [6, 6.07) is 66.9. The molecule has 308 valence electrons. The monoisotopic (exact) mass is 826 g/mol. The third kappa shape index (κ3) is 7.07. The molecule has 10 aromatic rings. The number of phenols is 2. The average Bonchev–Trinajstić information content (AvgIpc) is 3.35. The maximum atomic E-state index is 12.5. The Hall–Kier alpha value is -7.82. The van der Waals surface area contributed by atoms with Crippen molar-refractivity contribution in [3.63, 3.8) is 0 Å². The lowest BCUT2D eigenvalue weighted by molar-refractivity contribution is 0.390. The van der Waals surface area contributed by atoms with Crippen molar-refractivity contribution in [2.24, 2.45) is 9.98 Å². The predicted molar refractivity (Wildman–Crippen MR) is 269 cm³/mol. The van der Waals surface area contributed by atoms with Crippen molar-refractivity contribution < 1.29 is 10.2 Å². The second kappa shape index (κ2) is 16.8. The topological polar surface area (TPSA) is 65.2 Å². The standard InChI is InChI=1S/C60H46N2O2/c63-59-45(35-43-23-9-13-27-49(43)57(59)55-47-25-11-7-21-41(47)31-33-51(55)39-17-3-1-4-18-39)37-61-53-29-15-16-30-54(53)62-38-46-36-44-24-10-14-28-50(44)58(60(46)64)56-48-26-12-8-22-42(48)32-34-52(56)40-19-5-2-6-20-40/h1-14,17-28,31-38,53-54,63-64H,15-16,29-30H2. The van der Waals surface area contributed by atoms with Crippen LogP contribution < -0.4 is 0 Å². The van der Waals surface area contributed by atoms with Crippen LogP contribution >= 0.6 is 0 Å². The van der Waals surface area contributed by atoms with Crippen LogP contribution in [0.5, 0.6) is 11.5 Å². The third-order valence-corrected chi connectivity index (χ3v) is 13.1. The van der Waals surface area contributed by atoms with Gasteiger partial charge in [-0.1, -0.05) is 195 Å². The molecular formula is C60H46N2O2. The Morgan fingerprint density at radius 2 is 0.703 bits per heavy atom. The lowest BCUT2D eigenvalue weighted by Crippen LogP contribution is -2.27. The number of hydrogen-bond donors (Lipinski definition) is 2. The molecule has 1 saturated carbocycles. The van der Waals surface area contributed by atoms with Gasteiger partial charge in [0.15, 0.2) is 0 Å². The zero-order valence-corrected chi connectivity index (χ0v) is 35.4. The SMILES string of the molecule is Oc1c(C=NC2CCCCC2N=Cc2cc3ccccc3c(-c3c(-c4ccccc4)ccc4ccccc34)c2O)cc2ccccc2c1-c1c(-c2ccccc2)ccc2ccccc12. The van der Waals surface area contributed by atoms with Gasteiger partial charge in [-0.15, -0.1) is 0 Å². The van der Waals surface area contributed by atoms with Gasteiger partial charge in [0.25, 0.3) is 0 Å². The molecule has 10 aromatic carbocycles. The fourth-order valence-corrected chi connectivity index (χ4v) is 10.0. The molecule has 2 unspecified atom stereocenters. The molecule has 4 heteroatoms. The van der Waals surface area contributed by atoms with E-state index in [4.69, 9.17) is 9.98 Å². The highest BCUT2D eigenvalue weighted by Crippen LogP contribution is 2.48. The molecule has 1 aliphatic carbocycles. The minimum absolute atomic E-state index is 0.0958. The number of nitrogens with zero attached hydrogens (tertiary/aromatic N) is 2. The van der Waals surface area contributed by atoms with E-state index in [0.717, 1.165) is 113 Å². The summed E-state index contributed by atoms with van der Waals surface area (Å²) in [5.41, 5.74) is 9.27. The molecule has 0 amide bonds. The van der Waals surface area contributed by atoms with E-state index in [1.165, 1.54) is 0 Å². The van der Waals surface area contributed by atoms with E-state index in [1.807, 2.05) is 48.8 Å². The molecule has 0 radical (unpaired) electrons. The highest BCUT2D eigenvalue weighted by atomic mass is 16.3. The van der Waals surface area contributed by atoms with Gasteiger partial charge >= 0.3 is 0 Å². The van der Waals surface area contributed by atoms with Crippen LogP contribution in [0.15, 0.2) is 204 Å². The third-order valence-electron chi connectivity index (χ3n) is 13.1. The first-order valence-electron chi connectivity index (χ1n) is 22.3. The zero-order chi connectivity index (χ0) is 43.0. The maximum Gasteiger partial charge on any atom is 0.132 e. The first-order valence-corrected chi connectivity index (χ1v) is 22.3. The van der Waals surface area contributed by atoms with Crippen molar-refractivity contribution in [2.75, 3.05) is 0 Å². The quantitative estimate of drug-likeness (QED) is 0.150. The van der Waals surface area contributed by atoms with Gasteiger partial charge in [-0.2, -0.15) is 0 Å². The summed E-state index contributed by atoms with van der Waals surface area (Å²) in [4.78, 5) is 10.5. The summed E-state index contributed by atoms with van der Waals surface area (Å²) in [6.45, 7) is 0. The van der Waals surface area contributed by atoms with Crippen molar-refractivity contribution in [3.8, 4) is 56.0 Å². The van der Waals surface area contributed by atoms with Crippen LogP contribution in [0.2, 0.25) is 0 Å². The van der Waals surface area contributed by atoms with Crippen LogP contribution in [-0.4, -0.2) is 34.7 Å². The normalized spacial score (nSPS) is 15.6. The van der Waals surface area contributed by atoms with Gasteiger partial charge < -0.3 is 10.2 Å². The number of rotatable bonds is 8. The molecule has 0 saturated heterocycles. The molecular weight excluding hydrogens is 781 g/mol. The second-order valence-corrected chi connectivity index (χ2v) is 16.9. The Morgan fingerprint density at radius 3 is 1.11 bits per heavy atom. The lowest BCUT2D eigenvalue weighted by Gasteiger charge is -2.26. The maximum absolute atomic E-state index is 12.5. The van der Waals surface area contributed by atoms with Gasteiger partial charge in [-0.05, 0) is 90.3 Å². The molecule has 0 aliphatic heterocycles. The van der Waals surface area contributed by atoms with E-state index in [9.17, 15) is 10.2 Å². The zero-order valence-electron chi connectivity index (χ0n) is 35.4. The van der Waals surface area contributed by atoms with Crippen molar-refractivity contribution in [1.82, 2.24) is 0 Å². The molecule has 2 atom stereocenters. The van der Waals surface area contributed by atoms with Crippen molar-refractivity contribution >= 4 is 55.5 Å². The summed E-state index contributed by atoms with van der Waals surface area (Å²) in [6.07, 6.45) is 7.60. The first-order chi connectivity index (χ1) is 31.6. The van der Waals surface area contributed by atoms with Gasteiger partial charge in [-0.25, -0.2) is 0 Å². The van der Waals surface area contributed by atoms with Gasteiger partial charge in [0.2, 0.25) is 0 Å². The van der Waals surface area contributed by atoms with Crippen LogP contribution in [0.4, 0.5) is 0 Å². The number of benzene rings is 10. The minimum Gasteiger partial charge on any atom is -0.507 e. The summed E-state index contributed by atoms with van der Waals surface area (Å²) >= 11 is 0. The summed E-state index contributed by atoms with van der Waals surface area (Å²) < 4.78 is 0. The molecule has 0 spiro atoms. The molecule has 1 aliphatic rings. The van der Waals surface area contributed by atoms with E-state index in [1.54, 1.807) is 0 Å². The van der Waals surface area contributed by atoms with E-state index in [-0.39, 0.29) is 23.6 Å². The number of fused-ring (bicyclic) bond motifs is 4. The van der Waals surface area contributed by atoms with Crippen LogP contribution in [0.25, 0.3) is 87.6 Å². The fraction of sp³-hybridized carbons (Fsp3) is 0.100. The Bertz CT molecular complexity index is 3200. The molecule has 0 bridgehead atoms. The first kappa shape index (κ1) is 39.1. The van der Waals surface area contributed by atoms with E-state index in [2.05, 4.69) is 158 Å². The Kier molecular flexibility index (Phi) is 10.3. The van der Waals surface area contributed by atoms with E-state index >= 15 is 0 Å². The lowest BCUT2D eigenvalue weighted by atomic mass is 9.86. The summed E-state index contributed by atoms with van der Waals surface area (Å²) in [5, 5.41) is 33.4. The van der Waals surface area contributed by atoms with Crippen molar-refractivity contribution in [1.29, 1.82) is 0 Å². The van der Waals surface area contributed by atoms with Crippen LogP contribution in [0.3, 0.4) is 0 Å². The molecule has 0 aromatic heterocycles. The summed E-state index contributed by atoms with van der Waals surface area (Å²) in [5.74, 6) is 0.424. The molecule has 64 heavy (non-hydrogen) atoms. The smallest absolute Gasteiger partial charge is 0.132 e. The minimum atomic E-state index is -0.0958. The molecule has 2 N–H and O–H groups in total. The van der Waals surface area contributed by atoms with Crippen LogP contribution in [0, 0.1) is 0 Å². The Balaban J connectivity index is 1.00. The molecule has 0 heterocycles. The Labute approximate surface area is 373 Å². The fourth-order valence-electron chi connectivity index (χ4n) is 10.0. The molecule has 4 nitrogen and oxygen atoms in total. The van der Waals surface area contributed by atoms with Gasteiger partial charge in [0, 0.05) is 45.8 Å². The predicted octanol–water partition coefficient (Wildman–Crippen LogP) is 15.2. The number of phenolic OH excluding ortho intramolecular Hbond substituents is 2. The van der Waals surface area contributed by atoms with Crippen molar-refractivity contribution in [2.45, 2.75) is 37.8 Å². The highest BCUT2D eigenvalue weighted by molar-refractivity contribution is 6.16. The largest absolute Gasteiger partial charge is 0.507 e. The number of hydrogen-bond acceptors (Lipinski definition) is 4. The van der Waals surface area contributed by atoms with Gasteiger partial charge in [-0.3, -0.25) is 9.98 Å². The molecule has 11 rings (SSSR count). The van der Waals surface area contributed by atoms with E-state index in [0.29, 0.717) is 11.1 Å².